The van der Waals surface area contributed by atoms with Crippen LogP contribution in [0.3, 0.4) is 0 Å². The largest absolute Gasteiger partial charge is 0.487 e. The van der Waals surface area contributed by atoms with Crippen molar-refractivity contribution in [1.29, 1.82) is 0 Å². The molecule has 7 heteroatoms. The van der Waals surface area contributed by atoms with E-state index in [9.17, 15) is 9.00 Å². The van der Waals surface area contributed by atoms with Crippen LogP contribution in [0.5, 0.6) is 5.75 Å². The lowest BCUT2D eigenvalue weighted by Gasteiger charge is -2.20. The second kappa shape index (κ2) is 9.01. The van der Waals surface area contributed by atoms with Crippen molar-refractivity contribution < 1.29 is 18.1 Å². The first kappa shape index (κ1) is 20.1. The number of halogens is 1. The van der Waals surface area contributed by atoms with Crippen molar-refractivity contribution in [3.8, 4) is 5.75 Å². The highest BCUT2D eigenvalue weighted by atomic mass is 32.2. The number of hydrogen-bond donors (Lipinski definition) is 1. The molecule has 1 saturated carbocycles. The summed E-state index contributed by atoms with van der Waals surface area (Å²) in [7, 11) is 0. The van der Waals surface area contributed by atoms with Gasteiger partial charge in [-0.25, -0.2) is 8.60 Å². The molecule has 1 heterocycles. The maximum atomic E-state index is 15.4. The van der Waals surface area contributed by atoms with Crippen LogP contribution < -0.4 is 13.8 Å². The molecule has 3 rings (SSSR count). The average Bonchev–Trinajstić information content (AvgIpc) is 3.30. The van der Waals surface area contributed by atoms with Crippen LogP contribution in [0.2, 0.25) is 0 Å². The molecule has 1 amide bonds. The molecule has 148 valence electrons. The van der Waals surface area contributed by atoms with Crippen LogP contribution in [0.25, 0.3) is 6.08 Å². The maximum Gasteiger partial charge on any atom is 0.253 e. The predicted octanol–water partition coefficient (Wildman–Crippen LogP) is 3.98. The molecule has 1 aromatic carbocycles. The molecule has 0 aromatic heterocycles. The van der Waals surface area contributed by atoms with Gasteiger partial charge in [0.15, 0.2) is 5.82 Å². The van der Waals surface area contributed by atoms with Gasteiger partial charge in [0.05, 0.1) is 0 Å². The normalized spacial score (nSPS) is 19.5. The van der Waals surface area contributed by atoms with Crippen LogP contribution in [0.4, 0.5) is 10.1 Å². The summed E-state index contributed by atoms with van der Waals surface area (Å²) >= 11 is -1.85. The Morgan fingerprint density at radius 3 is 2.68 bits per heavy atom. The summed E-state index contributed by atoms with van der Waals surface area (Å²) in [5.41, 5.74) is 2.38. The van der Waals surface area contributed by atoms with Gasteiger partial charge >= 0.3 is 0 Å². The van der Waals surface area contributed by atoms with Crippen molar-refractivity contribution in [2.24, 2.45) is 0 Å². The Hall–Kier alpha value is -2.67. The SMILES string of the molecule is C=C/C=C(\C=C)COc1ccc(C=C2CCCC2)c(F)c1N1CC(=O)NS1=O. The van der Waals surface area contributed by atoms with Crippen molar-refractivity contribution in [3.05, 3.63) is 66.0 Å². The number of nitrogens with zero attached hydrogens (tertiary/aromatic N) is 1. The second-order valence-corrected chi connectivity index (χ2v) is 7.75. The van der Waals surface area contributed by atoms with E-state index >= 15 is 4.39 Å². The molecular weight excluding hydrogens is 379 g/mol. The fourth-order valence-electron chi connectivity index (χ4n) is 3.24. The zero-order valence-corrected chi connectivity index (χ0v) is 16.4. The van der Waals surface area contributed by atoms with Gasteiger partial charge in [0, 0.05) is 5.56 Å². The molecule has 2 fully saturated rings. The summed E-state index contributed by atoms with van der Waals surface area (Å²) in [5.74, 6) is -0.760. The van der Waals surface area contributed by atoms with Crippen LogP contribution in [-0.4, -0.2) is 23.3 Å². The van der Waals surface area contributed by atoms with Crippen LogP contribution >= 0.6 is 0 Å². The van der Waals surface area contributed by atoms with E-state index in [0.29, 0.717) is 5.56 Å². The van der Waals surface area contributed by atoms with Crippen molar-refractivity contribution in [2.45, 2.75) is 25.7 Å². The summed E-state index contributed by atoms with van der Waals surface area (Å²) < 4.78 is 36.9. The van der Waals surface area contributed by atoms with Crippen molar-refractivity contribution >= 4 is 28.8 Å². The summed E-state index contributed by atoms with van der Waals surface area (Å²) in [4.78, 5) is 11.7. The molecule has 0 radical (unpaired) electrons. The molecule has 1 unspecified atom stereocenters. The van der Waals surface area contributed by atoms with Gasteiger partial charge in [-0.2, -0.15) is 0 Å². The van der Waals surface area contributed by atoms with Crippen LogP contribution in [0.1, 0.15) is 31.2 Å². The molecule has 0 bridgehead atoms. The number of amides is 1. The van der Waals surface area contributed by atoms with Crippen LogP contribution in [0.15, 0.2) is 54.7 Å². The number of hydrogen-bond acceptors (Lipinski definition) is 3. The van der Waals surface area contributed by atoms with E-state index in [2.05, 4.69) is 17.9 Å². The highest BCUT2D eigenvalue weighted by Gasteiger charge is 2.32. The third kappa shape index (κ3) is 4.42. The monoisotopic (exact) mass is 402 g/mol. The zero-order valence-electron chi connectivity index (χ0n) is 15.6. The van der Waals surface area contributed by atoms with E-state index in [1.165, 1.54) is 9.88 Å². The van der Waals surface area contributed by atoms with E-state index in [0.717, 1.165) is 31.3 Å². The Morgan fingerprint density at radius 1 is 1.32 bits per heavy atom. The second-order valence-electron chi connectivity index (χ2n) is 6.61. The fraction of sp³-hybridized carbons (Fsp3) is 0.286. The van der Waals surface area contributed by atoms with E-state index in [-0.39, 0.29) is 24.6 Å². The lowest BCUT2D eigenvalue weighted by Crippen LogP contribution is -2.24. The number of carbonyl (C=O) groups excluding carboxylic acids is 1. The molecule has 1 aliphatic heterocycles. The van der Waals surface area contributed by atoms with Crippen molar-refractivity contribution in [3.63, 3.8) is 0 Å². The van der Waals surface area contributed by atoms with E-state index in [1.54, 1.807) is 30.4 Å². The van der Waals surface area contributed by atoms with Gasteiger partial charge in [-0.3, -0.25) is 13.8 Å². The minimum absolute atomic E-state index is 0.0195. The maximum absolute atomic E-state index is 15.4. The topological polar surface area (TPSA) is 58.6 Å². The molecule has 2 aliphatic rings. The Morgan fingerprint density at radius 2 is 2.07 bits per heavy atom. The van der Waals surface area contributed by atoms with Gasteiger partial charge in [0.2, 0.25) is 11.2 Å². The number of allylic oxidation sites excluding steroid dienone is 3. The van der Waals surface area contributed by atoms with E-state index in [1.807, 2.05) is 6.08 Å². The van der Waals surface area contributed by atoms with E-state index < -0.39 is 22.9 Å². The quantitative estimate of drug-likeness (QED) is 0.702. The van der Waals surface area contributed by atoms with Gasteiger partial charge in [-0.15, -0.1) is 0 Å². The number of rotatable bonds is 7. The summed E-state index contributed by atoms with van der Waals surface area (Å²) in [6.07, 6.45) is 10.9. The van der Waals surface area contributed by atoms with Crippen molar-refractivity contribution in [1.82, 2.24) is 4.72 Å². The lowest BCUT2D eigenvalue weighted by atomic mass is 10.1. The Kier molecular flexibility index (Phi) is 6.46. The van der Waals surface area contributed by atoms with Gasteiger partial charge in [0.1, 0.15) is 24.6 Å². The highest BCUT2D eigenvalue weighted by Crippen LogP contribution is 2.37. The van der Waals surface area contributed by atoms with Crippen LogP contribution in [-0.2, 0) is 16.0 Å². The average molecular weight is 402 g/mol. The van der Waals surface area contributed by atoms with Crippen molar-refractivity contribution in [2.75, 3.05) is 17.5 Å². The zero-order chi connectivity index (χ0) is 20.1. The highest BCUT2D eigenvalue weighted by molar-refractivity contribution is 7.85. The van der Waals surface area contributed by atoms with Gasteiger partial charge < -0.3 is 4.74 Å². The smallest absolute Gasteiger partial charge is 0.253 e. The standard InChI is InChI=1S/C21H23FN2O3S/c1-3-7-15(4-2)14-27-18-11-10-17(12-16-8-5-6-9-16)20(22)21(18)24-13-19(25)23-28(24)26/h3-4,7,10-12H,1-2,5-6,8-9,13-14H2,(H,23,25)/b15-7+. The van der Waals surface area contributed by atoms with Crippen LogP contribution in [0, 0.1) is 5.82 Å². The third-order valence-electron chi connectivity index (χ3n) is 4.64. The Labute approximate surface area is 167 Å². The molecule has 1 aromatic rings. The summed E-state index contributed by atoms with van der Waals surface area (Å²) in [6, 6.07) is 3.30. The number of anilines is 1. The third-order valence-corrected chi connectivity index (χ3v) is 5.76. The summed E-state index contributed by atoms with van der Waals surface area (Å²) in [5, 5.41) is 0. The number of benzene rings is 1. The lowest BCUT2D eigenvalue weighted by molar-refractivity contribution is -0.117. The molecule has 0 spiro atoms. The first-order valence-electron chi connectivity index (χ1n) is 9.11. The number of ether oxygens (including phenoxy) is 1. The molecule has 1 N–H and O–H groups in total. The minimum atomic E-state index is -1.85. The Balaban J connectivity index is 1.99. The molecular formula is C21H23FN2O3S. The minimum Gasteiger partial charge on any atom is -0.487 e. The van der Waals surface area contributed by atoms with Gasteiger partial charge in [-0.1, -0.05) is 43.0 Å². The Bertz CT molecular complexity index is 884. The first-order valence-corrected chi connectivity index (χ1v) is 10.2. The molecule has 1 atom stereocenters. The summed E-state index contributed by atoms with van der Waals surface area (Å²) in [6.45, 7) is 7.29. The van der Waals surface area contributed by atoms with Gasteiger partial charge in [0.25, 0.3) is 5.91 Å². The fourth-order valence-corrected chi connectivity index (χ4v) is 4.18. The number of nitrogens with one attached hydrogen (secondary N) is 1. The number of carbonyl (C=O) groups is 1. The molecule has 5 nitrogen and oxygen atoms in total. The van der Waals surface area contributed by atoms with E-state index in [4.69, 9.17) is 4.74 Å². The molecule has 1 saturated heterocycles. The molecule has 1 aliphatic carbocycles. The predicted molar refractivity (Wildman–Crippen MR) is 110 cm³/mol. The van der Waals surface area contributed by atoms with Gasteiger partial charge in [-0.05, 0) is 43.4 Å². The molecule has 28 heavy (non-hydrogen) atoms. The first-order chi connectivity index (χ1) is 13.5.